The zero-order valence-corrected chi connectivity index (χ0v) is 15.5. The second-order valence-electron chi connectivity index (χ2n) is 7.94. The number of hydrogen-bond donors (Lipinski definition) is 2. The van der Waals surface area contributed by atoms with Crippen LogP contribution in [0.3, 0.4) is 0 Å². The Bertz CT molecular complexity index is 558. The minimum absolute atomic E-state index is 0.0786. The second kappa shape index (κ2) is 7.28. The smallest absolute Gasteiger partial charge is 0.142 e. The number of nitrogens with one attached hydrogen (secondary N) is 2. The summed E-state index contributed by atoms with van der Waals surface area (Å²) in [7, 11) is 0. The summed E-state index contributed by atoms with van der Waals surface area (Å²) in [6, 6.07) is 11.8. The van der Waals surface area contributed by atoms with Crippen molar-refractivity contribution in [2.75, 3.05) is 4.90 Å². The maximum Gasteiger partial charge on any atom is 0.142 e. The van der Waals surface area contributed by atoms with Gasteiger partial charge in [0.05, 0.1) is 0 Å². The van der Waals surface area contributed by atoms with Gasteiger partial charge in [0.1, 0.15) is 17.9 Å². The third-order valence-corrected chi connectivity index (χ3v) is 3.19. The van der Waals surface area contributed by atoms with E-state index in [0.29, 0.717) is 0 Å². The average Bonchev–Trinajstić information content (AvgIpc) is 2.46. The molecule has 2 aromatic heterocycles. The number of pyridine rings is 2. The van der Waals surface area contributed by atoms with Crippen LogP contribution in [0.15, 0.2) is 48.8 Å². The number of aromatic nitrogens is 2. The summed E-state index contributed by atoms with van der Waals surface area (Å²) in [6.45, 7) is 12.9. The fourth-order valence-corrected chi connectivity index (χ4v) is 2.36. The molecule has 0 radical (unpaired) electrons. The SMILES string of the molecule is CC(C)(C)NC(NC(C)(C)C)N(c1ccccn1)c1ccccn1. The van der Waals surface area contributed by atoms with Crippen molar-refractivity contribution >= 4 is 11.6 Å². The minimum Gasteiger partial charge on any atom is -0.281 e. The zero-order valence-electron chi connectivity index (χ0n) is 15.5. The molecule has 2 aromatic rings. The van der Waals surface area contributed by atoms with Gasteiger partial charge in [0.25, 0.3) is 0 Å². The first kappa shape index (κ1) is 18.4. The number of hydrogen-bond acceptors (Lipinski definition) is 5. The Morgan fingerprint density at radius 2 is 1.17 bits per heavy atom. The van der Waals surface area contributed by atoms with Crippen LogP contribution < -0.4 is 15.5 Å². The van der Waals surface area contributed by atoms with Crippen LogP contribution in [0.2, 0.25) is 0 Å². The van der Waals surface area contributed by atoms with E-state index in [-0.39, 0.29) is 17.4 Å². The van der Waals surface area contributed by atoms with E-state index in [4.69, 9.17) is 0 Å². The summed E-state index contributed by atoms with van der Waals surface area (Å²) in [5.41, 5.74) is -0.157. The van der Waals surface area contributed by atoms with Gasteiger partial charge in [-0.25, -0.2) is 9.97 Å². The van der Waals surface area contributed by atoms with Crippen molar-refractivity contribution < 1.29 is 0 Å². The second-order valence-corrected chi connectivity index (χ2v) is 7.94. The highest BCUT2D eigenvalue weighted by molar-refractivity contribution is 5.56. The van der Waals surface area contributed by atoms with Crippen molar-refractivity contribution in [3.8, 4) is 0 Å². The van der Waals surface area contributed by atoms with Gasteiger partial charge in [-0.05, 0) is 65.8 Å². The molecule has 2 N–H and O–H groups in total. The predicted octanol–water partition coefficient (Wildman–Crippen LogP) is 3.67. The average molecular weight is 327 g/mol. The largest absolute Gasteiger partial charge is 0.281 e. The van der Waals surface area contributed by atoms with E-state index in [0.717, 1.165) is 11.6 Å². The van der Waals surface area contributed by atoms with Gasteiger partial charge in [0.2, 0.25) is 0 Å². The molecule has 0 saturated heterocycles. The van der Waals surface area contributed by atoms with Gasteiger partial charge in [-0.1, -0.05) is 12.1 Å². The molecule has 0 amide bonds. The van der Waals surface area contributed by atoms with Crippen LogP contribution in [0.4, 0.5) is 11.6 Å². The van der Waals surface area contributed by atoms with Crippen molar-refractivity contribution in [3.63, 3.8) is 0 Å². The summed E-state index contributed by atoms with van der Waals surface area (Å²) in [5, 5.41) is 7.29. The Morgan fingerprint density at radius 3 is 1.46 bits per heavy atom. The van der Waals surface area contributed by atoms with Gasteiger partial charge in [-0.3, -0.25) is 15.5 Å². The number of anilines is 2. The summed E-state index contributed by atoms with van der Waals surface area (Å²) in [6.07, 6.45) is 3.45. The minimum atomic E-state index is -0.158. The van der Waals surface area contributed by atoms with Crippen LogP contribution >= 0.6 is 0 Å². The molecular formula is C19H29N5. The zero-order chi connectivity index (χ0) is 17.8. The van der Waals surface area contributed by atoms with Crippen LogP contribution in [-0.4, -0.2) is 27.3 Å². The lowest BCUT2D eigenvalue weighted by molar-refractivity contribution is 0.264. The first-order valence-electron chi connectivity index (χ1n) is 8.32. The molecule has 0 atom stereocenters. The van der Waals surface area contributed by atoms with Crippen LogP contribution in [0, 0.1) is 0 Å². The third-order valence-electron chi connectivity index (χ3n) is 3.19. The summed E-state index contributed by atoms with van der Waals surface area (Å²) < 4.78 is 0. The van der Waals surface area contributed by atoms with E-state index in [1.807, 2.05) is 36.4 Å². The standard InChI is InChI=1S/C19H29N5/c1-18(2,3)22-17(23-19(4,5)6)24(15-11-7-9-13-20-15)16-12-8-10-14-21-16/h7-14,17,22-23H,1-6H3. The molecule has 5 heteroatoms. The van der Waals surface area contributed by atoms with Crippen LogP contribution in [0.5, 0.6) is 0 Å². The fourth-order valence-electron chi connectivity index (χ4n) is 2.36. The van der Waals surface area contributed by atoms with Crippen molar-refractivity contribution in [2.45, 2.75) is 58.9 Å². The lowest BCUT2D eigenvalue weighted by atomic mass is 10.1. The summed E-state index contributed by atoms with van der Waals surface area (Å²) in [5.74, 6) is 1.68. The van der Waals surface area contributed by atoms with E-state index in [1.165, 1.54) is 0 Å². The van der Waals surface area contributed by atoms with Gasteiger partial charge in [0, 0.05) is 23.5 Å². The number of nitrogens with zero attached hydrogens (tertiary/aromatic N) is 3. The Balaban J connectivity index is 2.48. The van der Waals surface area contributed by atoms with E-state index < -0.39 is 0 Å². The predicted molar refractivity (Wildman–Crippen MR) is 100 cm³/mol. The van der Waals surface area contributed by atoms with E-state index in [1.54, 1.807) is 12.4 Å². The number of rotatable bonds is 5. The van der Waals surface area contributed by atoms with E-state index in [9.17, 15) is 0 Å². The molecule has 0 fully saturated rings. The topological polar surface area (TPSA) is 53.1 Å². The lowest BCUT2D eigenvalue weighted by Crippen LogP contribution is -2.63. The van der Waals surface area contributed by atoms with Crippen molar-refractivity contribution in [1.29, 1.82) is 0 Å². The van der Waals surface area contributed by atoms with Crippen LogP contribution in [-0.2, 0) is 0 Å². The molecular weight excluding hydrogens is 298 g/mol. The van der Waals surface area contributed by atoms with Crippen molar-refractivity contribution in [2.24, 2.45) is 0 Å². The molecule has 2 heterocycles. The highest BCUT2D eigenvalue weighted by Crippen LogP contribution is 2.24. The van der Waals surface area contributed by atoms with Gasteiger partial charge < -0.3 is 0 Å². The van der Waals surface area contributed by atoms with Crippen LogP contribution in [0.25, 0.3) is 0 Å². The maximum atomic E-state index is 4.54. The molecule has 5 nitrogen and oxygen atoms in total. The summed E-state index contributed by atoms with van der Waals surface area (Å²) in [4.78, 5) is 11.2. The molecule has 0 spiro atoms. The Labute approximate surface area is 145 Å². The van der Waals surface area contributed by atoms with Gasteiger partial charge in [-0.2, -0.15) is 0 Å². The van der Waals surface area contributed by atoms with Gasteiger partial charge >= 0.3 is 0 Å². The molecule has 0 aliphatic carbocycles. The van der Waals surface area contributed by atoms with E-state index >= 15 is 0 Å². The Kier molecular flexibility index (Phi) is 5.57. The van der Waals surface area contributed by atoms with Crippen LogP contribution in [0.1, 0.15) is 41.5 Å². The third kappa shape index (κ3) is 5.58. The monoisotopic (exact) mass is 327 g/mol. The maximum absolute atomic E-state index is 4.54. The first-order chi connectivity index (χ1) is 11.2. The fraction of sp³-hybridized carbons (Fsp3) is 0.474. The molecule has 0 saturated carbocycles. The van der Waals surface area contributed by atoms with Gasteiger partial charge in [-0.15, -0.1) is 0 Å². The molecule has 0 unspecified atom stereocenters. The molecule has 0 aliphatic rings. The molecule has 24 heavy (non-hydrogen) atoms. The Morgan fingerprint density at radius 1 is 0.750 bits per heavy atom. The van der Waals surface area contributed by atoms with Gasteiger partial charge in [0.15, 0.2) is 0 Å². The molecule has 2 rings (SSSR count). The molecule has 130 valence electrons. The quantitative estimate of drug-likeness (QED) is 0.821. The lowest BCUT2D eigenvalue weighted by Gasteiger charge is -2.41. The summed E-state index contributed by atoms with van der Waals surface area (Å²) >= 11 is 0. The molecule has 0 aromatic carbocycles. The highest BCUT2D eigenvalue weighted by atomic mass is 15.4. The first-order valence-corrected chi connectivity index (χ1v) is 8.32. The normalized spacial score (nSPS) is 12.5. The Hall–Kier alpha value is -1.98. The molecule has 0 aliphatic heterocycles. The molecule has 0 bridgehead atoms. The van der Waals surface area contributed by atoms with Crippen molar-refractivity contribution in [3.05, 3.63) is 48.8 Å². The highest BCUT2D eigenvalue weighted by Gasteiger charge is 2.29. The van der Waals surface area contributed by atoms with E-state index in [2.05, 4.69) is 67.0 Å². The van der Waals surface area contributed by atoms with Crippen molar-refractivity contribution in [1.82, 2.24) is 20.6 Å².